The number of piperazine rings is 1. The maximum Gasteiger partial charge on any atom is 0.237 e. The monoisotopic (exact) mass is 488 g/mol. The molecule has 0 aromatic heterocycles. The van der Waals surface area contributed by atoms with Crippen molar-refractivity contribution in [1.82, 2.24) is 20.4 Å². The van der Waals surface area contributed by atoms with Gasteiger partial charge in [-0.05, 0) is 69.2 Å². The first-order valence-electron chi connectivity index (χ1n) is 14.5. The van der Waals surface area contributed by atoms with Crippen molar-refractivity contribution in [3.63, 3.8) is 0 Å². The lowest BCUT2D eigenvalue weighted by atomic mass is 9.69. The summed E-state index contributed by atoms with van der Waals surface area (Å²) < 4.78 is 0. The molecule has 4 N–H and O–H groups in total. The highest BCUT2D eigenvalue weighted by molar-refractivity contribution is 5.81. The Hall–Kier alpha value is -1.44. The Morgan fingerprint density at radius 2 is 1.89 bits per heavy atom. The van der Waals surface area contributed by atoms with Gasteiger partial charge in [0.2, 0.25) is 11.8 Å². The van der Waals surface area contributed by atoms with Crippen LogP contribution in [0.4, 0.5) is 0 Å². The predicted octanol–water partition coefficient (Wildman–Crippen LogP) is 1.71. The molecule has 4 aliphatic rings. The Bertz CT molecular complexity index is 734. The number of nitrogens with zero attached hydrogens (tertiary/aromatic N) is 2. The van der Waals surface area contributed by atoms with E-state index in [1.54, 1.807) is 0 Å². The molecule has 198 valence electrons. The van der Waals surface area contributed by atoms with Gasteiger partial charge in [-0.2, -0.15) is 0 Å². The van der Waals surface area contributed by atoms with E-state index >= 15 is 0 Å². The van der Waals surface area contributed by atoms with Crippen LogP contribution in [-0.4, -0.2) is 79.6 Å². The number of carbonyl (C=O) groups is 2. The average Bonchev–Trinajstić information content (AvgIpc) is 2.89. The standard InChI is InChI=1S/C28H49N5O2/c1-20(2)24-17-22(21(3)16-23(24)19-31-28(35)25-8-4-6-10-29-25)18-27(34)33-14-12-32(13-15-33)26-9-5-7-11-30-26/h16,20,22-26,29-30H,4-15,17-19H2,1-3H3,(H,31,35)/p+1/t22-,23-,24-,25?,26?/m0/s1. The molecular weight excluding hydrogens is 438 g/mol. The Morgan fingerprint density at radius 3 is 2.54 bits per heavy atom. The Morgan fingerprint density at radius 1 is 1.11 bits per heavy atom. The molecule has 0 aromatic carbocycles. The second-order valence-corrected chi connectivity index (χ2v) is 11.9. The summed E-state index contributed by atoms with van der Waals surface area (Å²) in [5.41, 5.74) is 1.33. The van der Waals surface area contributed by atoms with Crippen LogP contribution in [0.1, 0.15) is 72.1 Å². The zero-order chi connectivity index (χ0) is 24.8. The highest BCUT2D eigenvalue weighted by Crippen LogP contribution is 2.39. The molecule has 35 heavy (non-hydrogen) atoms. The highest BCUT2D eigenvalue weighted by atomic mass is 16.2. The first-order valence-corrected chi connectivity index (χ1v) is 14.5. The summed E-state index contributed by atoms with van der Waals surface area (Å²) >= 11 is 0. The van der Waals surface area contributed by atoms with Crippen molar-refractivity contribution >= 4 is 11.8 Å². The van der Waals surface area contributed by atoms with Gasteiger partial charge in [-0.15, -0.1) is 0 Å². The third-order valence-electron chi connectivity index (χ3n) is 9.17. The third kappa shape index (κ3) is 7.07. The zero-order valence-corrected chi connectivity index (χ0v) is 22.4. The van der Waals surface area contributed by atoms with Crippen molar-refractivity contribution in [2.45, 2.75) is 84.3 Å². The second-order valence-electron chi connectivity index (χ2n) is 11.9. The summed E-state index contributed by atoms with van der Waals surface area (Å²) in [6.45, 7) is 13.4. The highest BCUT2D eigenvalue weighted by Gasteiger charge is 2.35. The lowest BCUT2D eigenvalue weighted by Gasteiger charge is -2.40. The first kappa shape index (κ1) is 26.6. The number of quaternary nitrogens is 1. The third-order valence-corrected chi connectivity index (χ3v) is 9.17. The number of nitrogens with two attached hydrogens (primary N) is 1. The molecule has 7 heteroatoms. The summed E-state index contributed by atoms with van der Waals surface area (Å²) in [4.78, 5) is 30.6. The van der Waals surface area contributed by atoms with Gasteiger partial charge < -0.3 is 20.9 Å². The normalized spacial score (nSPS) is 32.9. The van der Waals surface area contributed by atoms with Crippen LogP contribution in [0.5, 0.6) is 0 Å². The molecule has 0 bridgehead atoms. The molecule has 3 aliphatic heterocycles. The van der Waals surface area contributed by atoms with Gasteiger partial charge in [0.05, 0.1) is 12.6 Å². The van der Waals surface area contributed by atoms with E-state index in [1.807, 2.05) is 0 Å². The SMILES string of the molecule is CC1=C[C@@H](CNC(=O)C2CCCCN2)[C@H](C(C)C)C[C@H]1CC(=O)N1CCN(C2CCCC[NH2+]2)CC1. The van der Waals surface area contributed by atoms with E-state index in [2.05, 4.69) is 52.6 Å². The molecular formula is C28H50N5O2+. The van der Waals surface area contributed by atoms with Crippen LogP contribution in [0, 0.1) is 23.7 Å². The van der Waals surface area contributed by atoms with Crippen molar-refractivity contribution in [2.24, 2.45) is 23.7 Å². The summed E-state index contributed by atoms with van der Waals surface area (Å²) in [7, 11) is 0. The molecule has 5 atom stereocenters. The summed E-state index contributed by atoms with van der Waals surface area (Å²) in [6.07, 6.45) is 11.9. The largest absolute Gasteiger partial charge is 0.354 e. The molecule has 2 unspecified atom stereocenters. The maximum absolute atomic E-state index is 13.3. The van der Waals surface area contributed by atoms with Gasteiger partial charge in [-0.3, -0.25) is 14.5 Å². The van der Waals surface area contributed by atoms with E-state index < -0.39 is 0 Å². The van der Waals surface area contributed by atoms with Gasteiger partial charge in [0.15, 0.2) is 0 Å². The van der Waals surface area contributed by atoms with Crippen molar-refractivity contribution in [2.75, 3.05) is 45.8 Å². The molecule has 3 heterocycles. The van der Waals surface area contributed by atoms with Crippen LogP contribution >= 0.6 is 0 Å². The van der Waals surface area contributed by atoms with Crippen LogP contribution in [0.25, 0.3) is 0 Å². The van der Waals surface area contributed by atoms with Crippen molar-refractivity contribution < 1.29 is 14.9 Å². The quantitative estimate of drug-likeness (QED) is 0.477. The molecule has 3 fully saturated rings. The van der Waals surface area contributed by atoms with E-state index in [4.69, 9.17) is 0 Å². The lowest BCUT2D eigenvalue weighted by Crippen LogP contribution is -2.95. The summed E-state index contributed by atoms with van der Waals surface area (Å²) in [5.74, 6) is 2.18. The number of piperidine rings is 2. The molecule has 0 spiro atoms. The molecule has 0 radical (unpaired) electrons. The maximum atomic E-state index is 13.3. The molecule has 0 saturated carbocycles. The molecule has 1 aliphatic carbocycles. The van der Waals surface area contributed by atoms with Gasteiger partial charge >= 0.3 is 0 Å². The molecule has 0 aromatic rings. The van der Waals surface area contributed by atoms with Crippen LogP contribution in [0.3, 0.4) is 0 Å². The average molecular weight is 489 g/mol. The van der Waals surface area contributed by atoms with Gasteiger partial charge in [0.25, 0.3) is 0 Å². The van der Waals surface area contributed by atoms with Crippen LogP contribution in [0.15, 0.2) is 11.6 Å². The number of rotatable bonds is 7. The molecule has 2 amide bonds. The van der Waals surface area contributed by atoms with Crippen LogP contribution < -0.4 is 16.0 Å². The number of nitrogens with one attached hydrogen (secondary N) is 2. The summed E-state index contributed by atoms with van der Waals surface area (Å²) in [6, 6.07) is -0.0308. The minimum Gasteiger partial charge on any atom is -0.354 e. The van der Waals surface area contributed by atoms with Crippen molar-refractivity contribution in [3.05, 3.63) is 11.6 Å². The number of carbonyl (C=O) groups excluding carboxylic acids is 2. The number of hydrogen-bond donors (Lipinski definition) is 3. The molecule has 7 nitrogen and oxygen atoms in total. The fourth-order valence-corrected chi connectivity index (χ4v) is 6.83. The first-order chi connectivity index (χ1) is 16.9. The number of amides is 2. The lowest BCUT2D eigenvalue weighted by molar-refractivity contribution is -0.717. The van der Waals surface area contributed by atoms with Crippen molar-refractivity contribution in [1.29, 1.82) is 0 Å². The fourth-order valence-electron chi connectivity index (χ4n) is 6.83. The molecule has 4 rings (SSSR count). The Kier molecular flexibility index (Phi) is 9.65. The minimum atomic E-state index is -0.0308. The predicted molar refractivity (Wildman–Crippen MR) is 140 cm³/mol. The summed E-state index contributed by atoms with van der Waals surface area (Å²) in [5, 5.41) is 9.09. The number of hydrogen-bond acceptors (Lipinski definition) is 4. The van der Waals surface area contributed by atoms with E-state index in [9.17, 15) is 9.59 Å². The van der Waals surface area contributed by atoms with E-state index in [0.29, 0.717) is 48.7 Å². The second kappa shape index (κ2) is 12.7. The Balaban J connectivity index is 1.28. The zero-order valence-electron chi connectivity index (χ0n) is 22.4. The molecule has 3 saturated heterocycles. The van der Waals surface area contributed by atoms with Gasteiger partial charge in [0.1, 0.15) is 6.17 Å². The van der Waals surface area contributed by atoms with Gasteiger partial charge in [0, 0.05) is 45.6 Å². The number of allylic oxidation sites excluding steroid dienone is 1. The van der Waals surface area contributed by atoms with Crippen molar-refractivity contribution in [3.8, 4) is 0 Å². The van der Waals surface area contributed by atoms with E-state index in [-0.39, 0.29) is 11.9 Å². The smallest absolute Gasteiger partial charge is 0.237 e. The topological polar surface area (TPSA) is 81.3 Å². The van der Waals surface area contributed by atoms with Crippen LogP contribution in [0.2, 0.25) is 0 Å². The van der Waals surface area contributed by atoms with Crippen LogP contribution in [-0.2, 0) is 9.59 Å². The van der Waals surface area contributed by atoms with Gasteiger partial charge in [-0.25, -0.2) is 0 Å². The van der Waals surface area contributed by atoms with Gasteiger partial charge in [-0.1, -0.05) is 31.9 Å². The fraction of sp³-hybridized carbons (Fsp3) is 0.857. The Labute approximate surface area is 212 Å². The van der Waals surface area contributed by atoms with E-state index in [0.717, 1.165) is 52.0 Å². The minimum absolute atomic E-state index is 0.0308. The van der Waals surface area contributed by atoms with E-state index in [1.165, 1.54) is 37.8 Å².